The summed E-state index contributed by atoms with van der Waals surface area (Å²) in [6, 6.07) is 14.4. The molecular formula is C21H25ClN3O4+. The van der Waals surface area contributed by atoms with Gasteiger partial charge in [-0.1, -0.05) is 29.8 Å². The largest absolute Gasteiger partial charge is 0.455 e. The molecule has 2 amide bonds. The molecule has 1 aliphatic rings. The SMILES string of the molecule is C[NH+](CC(=O)Nc1cc(Cl)ccc1Oc1ccccc1)CC(=O)N1CCOCC1. The first-order valence-corrected chi connectivity index (χ1v) is 9.88. The summed E-state index contributed by atoms with van der Waals surface area (Å²) in [5, 5.41) is 3.33. The van der Waals surface area contributed by atoms with Gasteiger partial charge in [-0.15, -0.1) is 0 Å². The third kappa shape index (κ3) is 6.45. The highest BCUT2D eigenvalue weighted by Crippen LogP contribution is 2.31. The van der Waals surface area contributed by atoms with Crippen molar-refractivity contribution in [2.24, 2.45) is 0 Å². The molecular weight excluding hydrogens is 394 g/mol. The normalized spacial score (nSPS) is 14.9. The van der Waals surface area contributed by atoms with Gasteiger partial charge in [0.2, 0.25) is 0 Å². The van der Waals surface area contributed by atoms with Gasteiger partial charge < -0.3 is 24.6 Å². The summed E-state index contributed by atoms with van der Waals surface area (Å²) in [7, 11) is 1.82. The van der Waals surface area contributed by atoms with Gasteiger partial charge in [-0.3, -0.25) is 9.59 Å². The highest BCUT2D eigenvalue weighted by molar-refractivity contribution is 6.31. The van der Waals surface area contributed by atoms with Crippen LogP contribution in [0.4, 0.5) is 5.69 Å². The number of para-hydroxylation sites is 1. The van der Waals surface area contributed by atoms with Crippen molar-refractivity contribution in [3.63, 3.8) is 0 Å². The Kier molecular flexibility index (Phi) is 7.46. The van der Waals surface area contributed by atoms with Crippen LogP contribution in [0.5, 0.6) is 11.5 Å². The first-order valence-electron chi connectivity index (χ1n) is 9.50. The van der Waals surface area contributed by atoms with Crippen molar-refractivity contribution >= 4 is 29.1 Å². The summed E-state index contributed by atoms with van der Waals surface area (Å²) in [5.41, 5.74) is 0.485. The number of hydrogen-bond acceptors (Lipinski definition) is 4. The second kappa shape index (κ2) is 10.2. The zero-order valence-corrected chi connectivity index (χ0v) is 17.1. The van der Waals surface area contributed by atoms with E-state index in [9.17, 15) is 9.59 Å². The number of anilines is 1. The van der Waals surface area contributed by atoms with Crippen LogP contribution in [0.3, 0.4) is 0 Å². The van der Waals surface area contributed by atoms with Crippen molar-refractivity contribution in [3.05, 3.63) is 53.6 Å². The van der Waals surface area contributed by atoms with Gasteiger partial charge in [-0.2, -0.15) is 0 Å². The summed E-state index contributed by atoms with van der Waals surface area (Å²) >= 11 is 6.09. The number of nitrogens with zero attached hydrogens (tertiary/aromatic N) is 1. The molecule has 2 aromatic rings. The molecule has 0 saturated carbocycles. The van der Waals surface area contributed by atoms with E-state index in [0.717, 1.165) is 4.90 Å². The summed E-state index contributed by atoms with van der Waals surface area (Å²) in [5.74, 6) is 0.951. The number of ether oxygens (including phenoxy) is 2. The Hall–Kier alpha value is -2.61. The predicted molar refractivity (Wildman–Crippen MR) is 111 cm³/mol. The number of likely N-dealkylation sites (N-methyl/N-ethyl adjacent to an activating group) is 1. The van der Waals surface area contributed by atoms with Gasteiger partial charge in [0, 0.05) is 18.1 Å². The van der Waals surface area contributed by atoms with Crippen LogP contribution in [-0.4, -0.2) is 63.2 Å². The number of carbonyl (C=O) groups is 2. The van der Waals surface area contributed by atoms with Crippen LogP contribution < -0.4 is 15.0 Å². The van der Waals surface area contributed by atoms with E-state index >= 15 is 0 Å². The van der Waals surface area contributed by atoms with E-state index in [1.165, 1.54) is 0 Å². The van der Waals surface area contributed by atoms with Gasteiger partial charge in [-0.05, 0) is 30.3 Å². The molecule has 0 aliphatic carbocycles. The molecule has 154 valence electrons. The first-order chi connectivity index (χ1) is 14.0. The van der Waals surface area contributed by atoms with Crippen LogP contribution in [0.25, 0.3) is 0 Å². The van der Waals surface area contributed by atoms with Gasteiger partial charge in [0.05, 0.1) is 25.9 Å². The smallest absolute Gasteiger partial charge is 0.279 e. The Labute approximate surface area is 175 Å². The number of morpholine rings is 1. The maximum atomic E-state index is 12.5. The minimum Gasteiger partial charge on any atom is -0.455 e. The summed E-state index contributed by atoms with van der Waals surface area (Å²) in [6.07, 6.45) is 0. The first kappa shape index (κ1) is 21.1. The highest BCUT2D eigenvalue weighted by Gasteiger charge is 2.22. The lowest BCUT2D eigenvalue weighted by atomic mass is 10.2. The Balaban J connectivity index is 1.58. The number of benzene rings is 2. The van der Waals surface area contributed by atoms with Gasteiger partial charge >= 0.3 is 0 Å². The van der Waals surface area contributed by atoms with Crippen LogP contribution >= 0.6 is 11.6 Å². The zero-order valence-electron chi connectivity index (χ0n) is 16.3. The molecule has 1 fully saturated rings. The quantitative estimate of drug-likeness (QED) is 0.713. The molecule has 29 heavy (non-hydrogen) atoms. The standard InChI is InChI=1S/C21H24ClN3O4/c1-24(15-21(27)25-9-11-28-12-10-25)14-20(26)23-18-13-16(22)7-8-19(18)29-17-5-3-2-4-6-17/h2-8,13H,9-12,14-15H2,1H3,(H,23,26)/p+1. The average Bonchev–Trinajstić information content (AvgIpc) is 2.71. The monoisotopic (exact) mass is 418 g/mol. The predicted octanol–water partition coefficient (Wildman–Crippen LogP) is 1.44. The van der Waals surface area contributed by atoms with E-state index in [0.29, 0.717) is 48.5 Å². The fourth-order valence-electron chi connectivity index (χ4n) is 3.02. The number of rotatable bonds is 7. The minimum atomic E-state index is -0.225. The second-order valence-corrected chi connectivity index (χ2v) is 7.34. The molecule has 7 nitrogen and oxygen atoms in total. The molecule has 3 rings (SSSR count). The van der Waals surface area contributed by atoms with Crippen LogP contribution in [0.15, 0.2) is 48.5 Å². The van der Waals surface area contributed by atoms with Gasteiger partial charge in [0.25, 0.3) is 11.8 Å². The molecule has 1 unspecified atom stereocenters. The van der Waals surface area contributed by atoms with E-state index < -0.39 is 0 Å². The van der Waals surface area contributed by atoms with Gasteiger partial charge in [0.15, 0.2) is 18.8 Å². The molecule has 8 heteroatoms. The molecule has 2 aromatic carbocycles. The molecule has 0 radical (unpaired) electrons. The van der Waals surface area contributed by atoms with Crippen molar-refractivity contribution in [1.29, 1.82) is 0 Å². The number of amides is 2. The van der Waals surface area contributed by atoms with Crippen LogP contribution in [0.1, 0.15) is 0 Å². The number of nitrogens with one attached hydrogen (secondary N) is 2. The van der Waals surface area contributed by atoms with E-state index in [-0.39, 0.29) is 24.9 Å². The Bertz CT molecular complexity index is 841. The van der Waals surface area contributed by atoms with Gasteiger partial charge in [0.1, 0.15) is 5.75 Å². The lowest BCUT2D eigenvalue weighted by Gasteiger charge is -2.27. The molecule has 0 aromatic heterocycles. The maximum absolute atomic E-state index is 12.5. The van der Waals surface area contributed by atoms with E-state index in [4.69, 9.17) is 21.1 Å². The minimum absolute atomic E-state index is 0.0226. The molecule has 1 heterocycles. The van der Waals surface area contributed by atoms with E-state index in [1.807, 2.05) is 37.4 Å². The van der Waals surface area contributed by atoms with Crippen LogP contribution in [0, 0.1) is 0 Å². The molecule has 0 spiro atoms. The summed E-state index contributed by atoms with van der Waals surface area (Å²) in [6.45, 7) is 2.71. The fourth-order valence-corrected chi connectivity index (χ4v) is 3.19. The van der Waals surface area contributed by atoms with Crippen molar-refractivity contribution < 1.29 is 24.0 Å². The third-order valence-corrected chi connectivity index (χ3v) is 4.70. The Morgan fingerprint density at radius 1 is 1.14 bits per heavy atom. The highest BCUT2D eigenvalue weighted by atomic mass is 35.5. The summed E-state index contributed by atoms with van der Waals surface area (Å²) in [4.78, 5) is 27.4. The molecule has 2 N–H and O–H groups in total. The number of hydrogen-bond donors (Lipinski definition) is 2. The Morgan fingerprint density at radius 3 is 2.59 bits per heavy atom. The molecule has 1 atom stereocenters. The second-order valence-electron chi connectivity index (χ2n) is 6.91. The molecule has 1 aliphatic heterocycles. The van der Waals surface area contributed by atoms with Crippen molar-refractivity contribution in [3.8, 4) is 11.5 Å². The van der Waals surface area contributed by atoms with E-state index in [1.54, 1.807) is 23.1 Å². The number of quaternary nitrogens is 1. The molecule has 1 saturated heterocycles. The lowest BCUT2D eigenvalue weighted by molar-refractivity contribution is -0.862. The molecule has 0 bridgehead atoms. The average molecular weight is 419 g/mol. The fraction of sp³-hybridized carbons (Fsp3) is 0.333. The van der Waals surface area contributed by atoms with Crippen LogP contribution in [0.2, 0.25) is 5.02 Å². The number of halogens is 1. The van der Waals surface area contributed by atoms with Crippen molar-refractivity contribution in [2.75, 3.05) is 51.8 Å². The van der Waals surface area contributed by atoms with Crippen LogP contribution in [-0.2, 0) is 14.3 Å². The van der Waals surface area contributed by atoms with Crippen molar-refractivity contribution in [1.82, 2.24) is 4.90 Å². The number of carbonyl (C=O) groups excluding carboxylic acids is 2. The zero-order chi connectivity index (χ0) is 20.6. The topological polar surface area (TPSA) is 72.3 Å². The maximum Gasteiger partial charge on any atom is 0.279 e. The van der Waals surface area contributed by atoms with Gasteiger partial charge in [-0.25, -0.2) is 0 Å². The Morgan fingerprint density at radius 2 is 1.86 bits per heavy atom. The van der Waals surface area contributed by atoms with Crippen molar-refractivity contribution in [2.45, 2.75) is 0 Å². The third-order valence-electron chi connectivity index (χ3n) is 4.47. The summed E-state index contributed by atoms with van der Waals surface area (Å²) < 4.78 is 11.1. The lowest BCUT2D eigenvalue weighted by Crippen LogP contribution is -3.11. The van der Waals surface area contributed by atoms with E-state index in [2.05, 4.69) is 5.32 Å².